The average molecular weight is 482 g/mol. The molecule has 2 aromatic carbocycles. The second-order valence-corrected chi connectivity index (χ2v) is 8.82. The zero-order valence-corrected chi connectivity index (χ0v) is 18.4. The van der Waals surface area contributed by atoms with Gasteiger partial charge in [0.15, 0.2) is 11.5 Å². The van der Waals surface area contributed by atoms with E-state index in [9.17, 15) is 26.3 Å². The zero-order chi connectivity index (χ0) is 25.3. The first-order valence-electron chi connectivity index (χ1n) is 10.0. The number of hydrogen-bond donors (Lipinski definition) is 0. The fourth-order valence-corrected chi connectivity index (χ4v) is 3.29. The van der Waals surface area contributed by atoms with Crippen molar-refractivity contribution in [3.8, 4) is 11.5 Å². The third-order valence-corrected chi connectivity index (χ3v) is 4.67. The Hall–Kier alpha value is -3.55. The van der Waals surface area contributed by atoms with Crippen molar-refractivity contribution in [3.63, 3.8) is 0 Å². The summed E-state index contributed by atoms with van der Waals surface area (Å²) < 4.78 is 84.5. The molecule has 3 rings (SSSR count). The highest BCUT2D eigenvalue weighted by atomic mass is 19.4. The summed E-state index contributed by atoms with van der Waals surface area (Å²) in [6.07, 6.45) is -9.26. The third-order valence-electron chi connectivity index (χ3n) is 4.67. The normalized spacial score (nSPS) is 12.5. The van der Waals surface area contributed by atoms with Gasteiger partial charge in [-0.15, -0.1) is 0 Å². The molecule has 0 aliphatic heterocycles. The molecule has 0 saturated heterocycles. The van der Waals surface area contributed by atoms with Crippen molar-refractivity contribution in [1.82, 2.24) is 10.1 Å². The summed E-state index contributed by atoms with van der Waals surface area (Å²) in [6, 6.07) is 7.80. The van der Waals surface area contributed by atoms with Gasteiger partial charge in [-0.3, -0.25) is 0 Å². The lowest BCUT2D eigenvalue weighted by atomic mass is 9.95. The van der Waals surface area contributed by atoms with Crippen LogP contribution in [-0.2, 0) is 18.9 Å². The minimum absolute atomic E-state index is 0.0611. The van der Waals surface area contributed by atoms with E-state index in [1.807, 2.05) is 20.8 Å². The third kappa shape index (κ3) is 6.07. The van der Waals surface area contributed by atoms with Crippen LogP contribution in [-0.4, -0.2) is 16.7 Å². The Bertz CT molecular complexity index is 1200. The van der Waals surface area contributed by atoms with Gasteiger partial charge in [-0.2, -0.15) is 31.3 Å². The lowest BCUT2D eigenvalue weighted by Crippen LogP contribution is -2.32. The number of rotatable bonds is 5. The van der Waals surface area contributed by atoms with E-state index in [-0.39, 0.29) is 34.9 Å². The molecular formula is C23H20F6N4O. The number of nitrogens with zero attached hydrogens (tertiary/aromatic N) is 4. The van der Waals surface area contributed by atoms with Gasteiger partial charge < -0.3 is 9.42 Å². The van der Waals surface area contributed by atoms with Crippen LogP contribution in [0.3, 0.4) is 0 Å². The first-order valence-corrected chi connectivity index (χ1v) is 10.0. The number of hydrogen-bond acceptors (Lipinski definition) is 4. The van der Waals surface area contributed by atoms with Gasteiger partial charge in [0.05, 0.1) is 24.2 Å². The Kier molecular flexibility index (Phi) is 6.64. The highest BCUT2D eigenvalue weighted by molar-refractivity contribution is 5.62. The van der Waals surface area contributed by atoms with Crippen LogP contribution in [0.25, 0.3) is 16.3 Å². The minimum Gasteiger partial charge on any atom is -0.363 e. The second-order valence-electron chi connectivity index (χ2n) is 8.82. The van der Waals surface area contributed by atoms with Crippen molar-refractivity contribution in [1.29, 1.82) is 0 Å². The highest BCUT2D eigenvalue weighted by Gasteiger charge is 2.34. The topological polar surface area (TPSA) is 46.5 Å². The number of anilines is 1. The van der Waals surface area contributed by atoms with Crippen molar-refractivity contribution in [2.75, 3.05) is 11.4 Å². The summed E-state index contributed by atoms with van der Waals surface area (Å²) in [6.45, 7) is 12.9. The molecule has 11 heteroatoms. The Balaban J connectivity index is 1.95. The van der Waals surface area contributed by atoms with E-state index in [2.05, 4.69) is 15.0 Å². The molecule has 34 heavy (non-hydrogen) atoms. The van der Waals surface area contributed by atoms with Crippen LogP contribution >= 0.6 is 0 Å². The quantitative estimate of drug-likeness (QED) is 0.281. The molecule has 3 aromatic rings. The molecule has 0 fully saturated rings. The summed E-state index contributed by atoms with van der Waals surface area (Å²) in [5.41, 5.74) is -2.53. The van der Waals surface area contributed by atoms with Crippen LogP contribution in [0.5, 0.6) is 0 Å². The first kappa shape index (κ1) is 25.1. The number of alkyl halides is 6. The molecule has 180 valence electrons. The Labute approximate surface area is 191 Å². The van der Waals surface area contributed by atoms with Gasteiger partial charge in [0.1, 0.15) is 0 Å². The zero-order valence-electron chi connectivity index (χ0n) is 18.4. The van der Waals surface area contributed by atoms with Crippen LogP contribution in [0.2, 0.25) is 0 Å². The number of aromatic nitrogens is 2. The van der Waals surface area contributed by atoms with Gasteiger partial charge in [-0.05, 0) is 35.7 Å². The lowest BCUT2D eigenvalue weighted by molar-refractivity contribution is -0.138. The van der Waals surface area contributed by atoms with Crippen LogP contribution < -0.4 is 4.90 Å². The molecule has 5 nitrogen and oxygen atoms in total. The molecular weight excluding hydrogens is 462 g/mol. The van der Waals surface area contributed by atoms with E-state index in [4.69, 9.17) is 11.1 Å². The summed E-state index contributed by atoms with van der Waals surface area (Å²) in [5, 5.41) is 3.80. The Morgan fingerprint density at radius 2 is 1.68 bits per heavy atom. The summed E-state index contributed by atoms with van der Waals surface area (Å²) in [5.74, 6) is -0.0596. The molecule has 0 aliphatic rings. The minimum atomic E-state index is -4.72. The van der Waals surface area contributed by atoms with Crippen LogP contribution in [0.15, 0.2) is 47.0 Å². The molecule has 0 saturated carbocycles. The van der Waals surface area contributed by atoms with Crippen LogP contribution in [0.1, 0.15) is 37.7 Å². The number of halogens is 6. The molecule has 1 heterocycles. The Morgan fingerprint density at radius 1 is 0.971 bits per heavy atom. The molecule has 0 bridgehead atoms. The van der Waals surface area contributed by atoms with Crippen LogP contribution in [0.4, 0.5) is 37.7 Å². The van der Waals surface area contributed by atoms with Crippen molar-refractivity contribution in [2.24, 2.45) is 5.41 Å². The molecule has 0 unspecified atom stereocenters. The molecule has 0 aliphatic carbocycles. The van der Waals surface area contributed by atoms with Crippen molar-refractivity contribution in [3.05, 3.63) is 70.8 Å². The molecule has 0 radical (unpaired) electrons. The number of benzene rings is 2. The van der Waals surface area contributed by atoms with E-state index in [1.165, 1.54) is 18.2 Å². The van der Waals surface area contributed by atoms with Gasteiger partial charge >= 0.3 is 12.4 Å². The predicted molar refractivity (Wildman–Crippen MR) is 113 cm³/mol. The fraction of sp³-hybridized carbons (Fsp3) is 0.348. The second kappa shape index (κ2) is 9.00. The molecule has 0 spiro atoms. The summed E-state index contributed by atoms with van der Waals surface area (Å²) >= 11 is 0. The van der Waals surface area contributed by atoms with E-state index in [1.54, 1.807) is 4.90 Å². The summed E-state index contributed by atoms with van der Waals surface area (Å²) in [4.78, 5) is 8.70. The van der Waals surface area contributed by atoms with Gasteiger partial charge in [0.25, 0.3) is 5.89 Å². The Morgan fingerprint density at radius 3 is 2.26 bits per heavy atom. The lowest BCUT2D eigenvalue weighted by Gasteiger charge is -2.31. The molecule has 0 amide bonds. The molecule has 0 N–H and O–H groups in total. The van der Waals surface area contributed by atoms with Gasteiger partial charge in [-0.25, -0.2) is 4.85 Å². The smallest absolute Gasteiger partial charge is 0.363 e. The average Bonchev–Trinajstić information content (AvgIpc) is 3.19. The van der Waals surface area contributed by atoms with Gasteiger partial charge in [0, 0.05) is 17.8 Å². The van der Waals surface area contributed by atoms with Gasteiger partial charge in [0.2, 0.25) is 0 Å². The van der Waals surface area contributed by atoms with Crippen molar-refractivity contribution in [2.45, 2.75) is 39.7 Å². The largest absolute Gasteiger partial charge is 0.416 e. The van der Waals surface area contributed by atoms with Crippen LogP contribution in [0, 0.1) is 12.0 Å². The standard InChI is InChI=1S/C23H20F6N4O/c1-21(2,3)13-33(16-8-9-18(30-4)17(11-16)23(27,28)29)12-19-31-20(34-32-19)14-6-5-7-15(10-14)22(24,25)26/h5-11H,12-13H2,1-3H3. The maximum Gasteiger partial charge on any atom is 0.416 e. The van der Waals surface area contributed by atoms with Gasteiger partial charge in [-0.1, -0.05) is 38.1 Å². The van der Waals surface area contributed by atoms with E-state index in [0.717, 1.165) is 24.3 Å². The maximum atomic E-state index is 13.5. The predicted octanol–water partition coefficient (Wildman–Crippen LogP) is 7.38. The summed E-state index contributed by atoms with van der Waals surface area (Å²) in [7, 11) is 0. The van der Waals surface area contributed by atoms with E-state index in [0.29, 0.717) is 6.54 Å². The first-order chi connectivity index (χ1) is 15.7. The SMILES string of the molecule is [C-]#[N+]c1ccc(N(Cc2noc(-c3cccc(C(F)(F)F)c3)n2)CC(C)(C)C)cc1C(F)(F)F. The van der Waals surface area contributed by atoms with E-state index >= 15 is 0 Å². The maximum absolute atomic E-state index is 13.5. The monoisotopic (exact) mass is 482 g/mol. The highest BCUT2D eigenvalue weighted by Crippen LogP contribution is 2.39. The fourth-order valence-electron chi connectivity index (χ4n) is 3.29. The van der Waals surface area contributed by atoms with E-state index < -0.39 is 29.2 Å². The molecule has 0 atom stereocenters. The van der Waals surface area contributed by atoms with Crippen molar-refractivity contribution >= 4 is 11.4 Å². The van der Waals surface area contributed by atoms with Crippen molar-refractivity contribution < 1.29 is 30.9 Å². The molecule has 1 aromatic heterocycles.